The normalized spacial score (nSPS) is 16.0. The molecule has 1 atom stereocenters. The van der Waals surface area contributed by atoms with Crippen molar-refractivity contribution >= 4 is 46.7 Å². The smallest absolute Gasteiger partial charge is 0.311 e. The molecule has 0 bridgehead atoms. The number of nitrogens with one attached hydrogen (secondary N) is 1. The molecular formula is C21H20Cl2N2O4. The zero-order valence-corrected chi connectivity index (χ0v) is 17.3. The van der Waals surface area contributed by atoms with E-state index in [2.05, 4.69) is 5.32 Å². The first-order chi connectivity index (χ1) is 13.8. The number of ether oxygens (including phenoxy) is 1. The van der Waals surface area contributed by atoms with Crippen molar-refractivity contribution in [1.29, 1.82) is 0 Å². The topological polar surface area (TPSA) is 75.7 Å². The standard InChI is InChI=1S/C21H20Cl2N2O4/c1-13-2-4-14(5-3-13)10-25-11-15(8-20(25)27)21(28)29-12-19(26)24-16-6-7-17(22)18(23)9-16/h2-7,9,15H,8,10-12H2,1H3,(H,24,26). The van der Waals surface area contributed by atoms with Crippen molar-refractivity contribution in [1.82, 2.24) is 4.90 Å². The minimum absolute atomic E-state index is 0.0824. The van der Waals surface area contributed by atoms with Crippen LogP contribution in [-0.2, 0) is 25.7 Å². The highest BCUT2D eigenvalue weighted by Crippen LogP contribution is 2.25. The minimum Gasteiger partial charge on any atom is -0.455 e. The molecule has 0 aromatic heterocycles. The van der Waals surface area contributed by atoms with Crippen LogP contribution in [0.5, 0.6) is 0 Å². The number of amides is 2. The van der Waals surface area contributed by atoms with Crippen LogP contribution in [0.25, 0.3) is 0 Å². The molecule has 1 heterocycles. The Morgan fingerprint density at radius 1 is 1.14 bits per heavy atom. The van der Waals surface area contributed by atoms with E-state index in [4.69, 9.17) is 27.9 Å². The molecule has 8 heteroatoms. The van der Waals surface area contributed by atoms with Crippen LogP contribution in [0.4, 0.5) is 5.69 Å². The van der Waals surface area contributed by atoms with Crippen molar-refractivity contribution < 1.29 is 19.1 Å². The molecule has 0 saturated carbocycles. The molecule has 6 nitrogen and oxygen atoms in total. The predicted molar refractivity (Wildman–Crippen MR) is 111 cm³/mol. The molecule has 0 radical (unpaired) electrons. The van der Waals surface area contributed by atoms with Crippen LogP contribution in [-0.4, -0.2) is 35.8 Å². The number of likely N-dealkylation sites (tertiary alicyclic amines) is 1. The van der Waals surface area contributed by atoms with Gasteiger partial charge in [0.2, 0.25) is 5.91 Å². The van der Waals surface area contributed by atoms with Gasteiger partial charge in [-0.15, -0.1) is 0 Å². The number of halogens is 2. The van der Waals surface area contributed by atoms with E-state index in [0.717, 1.165) is 11.1 Å². The number of nitrogens with zero attached hydrogens (tertiary/aromatic N) is 1. The summed E-state index contributed by atoms with van der Waals surface area (Å²) in [6, 6.07) is 12.5. The number of aryl methyl sites for hydroxylation is 1. The van der Waals surface area contributed by atoms with E-state index in [1.165, 1.54) is 6.07 Å². The molecule has 2 amide bonds. The predicted octanol–water partition coefficient (Wildman–Crippen LogP) is 3.83. The quantitative estimate of drug-likeness (QED) is 0.700. The van der Waals surface area contributed by atoms with Crippen LogP contribution in [0.1, 0.15) is 17.5 Å². The van der Waals surface area contributed by atoms with Crippen LogP contribution in [0.3, 0.4) is 0 Å². The van der Waals surface area contributed by atoms with Gasteiger partial charge in [-0.25, -0.2) is 0 Å². The molecular weight excluding hydrogens is 415 g/mol. The summed E-state index contributed by atoms with van der Waals surface area (Å²) in [6.45, 7) is 2.27. The Balaban J connectivity index is 1.47. The lowest BCUT2D eigenvalue weighted by Gasteiger charge is -2.16. The minimum atomic E-state index is -0.578. The van der Waals surface area contributed by atoms with Crippen molar-refractivity contribution in [2.75, 3.05) is 18.5 Å². The summed E-state index contributed by atoms with van der Waals surface area (Å²) >= 11 is 11.7. The molecule has 3 rings (SSSR count). The third-order valence-corrected chi connectivity index (χ3v) is 5.33. The van der Waals surface area contributed by atoms with Gasteiger partial charge in [0.1, 0.15) is 0 Å². The molecule has 1 aliphatic heterocycles. The number of anilines is 1. The Morgan fingerprint density at radius 2 is 1.86 bits per heavy atom. The van der Waals surface area contributed by atoms with Crippen molar-refractivity contribution in [3.8, 4) is 0 Å². The maximum Gasteiger partial charge on any atom is 0.311 e. The highest BCUT2D eigenvalue weighted by Gasteiger charge is 2.35. The molecule has 1 unspecified atom stereocenters. The van der Waals surface area contributed by atoms with Gasteiger partial charge in [0, 0.05) is 25.2 Å². The van der Waals surface area contributed by atoms with E-state index in [1.807, 2.05) is 31.2 Å². The number of carbonyl (C=O) groups is 3. The molecule has 0 aliphatic carbocycles. The van der Waals surface area contributed by atoms with E-state index < -0.39 is 24.4 Å². The largest absolute Gasteiger partial charge is 0.455 e. The Kier molecular flexibility index (Phi) is 6.77. The van der Waals surface area contributed by atoms with Gasteiger partial charge < -0.3 is 15.0 Å². The van der Waals surface area contributed by atoms with E-state index in [-0.39, 0.29) is 18.9 Å². The highest BCUT2D eigenvalue weighted by molar-refractivity contribution is 6.42. The van der Waals surface area contributed by atoms with Gasteiger partial charge in [0.25, 0.3) is 5.91 Å². The van der Waals surface area contributed by atoms with Crippen molar-refractivity contribution in [3.63, 3.8) is 0 Å². The Hall–Kier alpha value is -2.57. The third kappa shape index (κ3) is 5.71. The summed E-state index contributed by atoms with van der Waals surface area (Å²) in [5.41, 5.74) is 2.59. The summed E-state index contributed by atoms with van der Waals surface area (Å²) in [5, 5.41) is 3.25. The number of rotatable bonds is 6. The van der Waals surface area contributed by atoms with E-state index in [0.29, 0.717) is 22.3 Å². The average molecular weight is 435 g/mol. The SMILES string of the molecule is Cc1ccc(CN2CC(C(=O)OCC(=O)Nc3ccc(Cl)c(Cl)c3)CC2=O)cc1. The third-order valence-electron chi connectivity index (χ3n) is 4.59. The van der Waals surface area contributed by atoms with Crippen LogP contribution in [0.2, 0.25) is 10.0 Å². The zero-order chi connectivity index (χ0) is 21.0. The molecule has 29 heavy (non-hydrogen) atoms. The van der Waals surface area contributed by atoms with Crippen LogP contribution in [0.15, 0.2) is 42.5 Å². The molecule has 1 fully saturated rings. The van der Waals surface area contributed by atoms with Gasteiger partial charge >= 0.3 is 5.97 Å². The molecule has 2 aromatic carbocycles. The molecule has 1 N–H and O–H groups in total. The summed E-state index contributed by atoms with van der Waals surface area (Å²) in [6.07, 6.45) is 0.0824. The summed E-state index contributed by atoms with van der Waals surface area (Å²) in [5.74, 6) is -1.75. The van der Waals surface area contributed by atoms with Gasteiger partial charge in [-0.05, 0) is 30.7 Å². The molecule has 152 valence electrons. The Bertz CT molecular complexity index is 931. The van der Waals surface area contributed by atoms with Gasteiger partial charge in [0.15, 0.2) is 6.61 Å². The first kappa shape index (κ1) is 21.1. The Labute approximate surface area is 178 Å². The van der Waals surface area contributed by atoms with Crippen molar-refractivity contribution in [2.45, 2.75) is 19.9 Å². The lowest BCUT2D eigenvalue weighted by Crippen LogP contribution is -2.28. The number of hydrogen-bond donors (Lipinski definition) is 1. The van der Waals surface area contributed by atoms with E-state index >= 15 is 0 Å². The molecule has 0 spiro atoms. The van der Waals surface area contributed by atoms with Gasteiger partial charge in [0.05, 0.1) is 16.0 Å². The van der Waals surface area contributed by atoms with Crippen LogP contribution >= 0.6 is 23.2 Å². The zero-order valence-electron chi connectivity index (χ0n) is 15.8. The number of benzene rings is 2. The van der Waals surface area contributed by atoms with Crippen LogP contribution in [0, 0.1) is 12.8 Å². The summed E-state index contributed by atoms with van der Waals surface area (Å²) in [7, 11) is 0. The maximum absolute atomic E-state index is 12.3. The number of hydrogen-bond acceptors (Lipinski definition) is 4. The maximum atomic E-state index is 12.3. The number of carbonyl (C=O) groups excluding carboxylic acids is 3. The lowest BCUT2D eigenvalue weighted by atomic mass is 10.1. The average Bonchev–Trinajstić information content (AvgIpc) is 3.05. The van der Waals surface area contributed by atoms with Crippen LogP contribution < -0.4 is 5.32 Å². The van der Waals surface area contributed by atoms with E-state index in [9.17, 15) is 14.4 Å². The highest BCUT2D eigenvalue weighted by atomic mass is 35.5. The summed E-state index contributed by atoms with van der Waals surface area (Å²) in [4.78, 5) is 38.1. The second kappa shape index (κ2) is 9.29. The number of esters is 1. The molecule has 2 aromatic rings. The summed E-state index contributed by atoms with van der Waals surface area (Å²) < 4.78 is 5.09. The fourth-order valence-electron chi connectivity index (χ4n) is 3.02. The first-order valence-corrected chi connectivity index (χ1v) is 9.82. The van der Waals surface area contributed by atoms with Gasteiger partial charge in [-0.2, -0.15) is 0 Å². The van der Waals surface area contributed by atoms with Gasteiger partial charge in [-0.3, -0.25) is 14.4 Å². The first-order valence-electron chi connectivity index (χ1n) is 9.06. The van der Waals surface area contributed by atoms with Gasteiger partial charge in [-0.1, -0.05) is 53.0 Å². The fourth-order valence-corrected chi connectivity index (χ4v) is 3.32. The monoisotopic (exact) mass is 434 g/mol. The second-order valence-electron chi connectivity index (χ2n) is 6.95. The van der Waals surface area contributed by atoms with Crippen molar-refractivity contribution in [2.24, 2.45) is 5.92 Å². The molecule has 1 aliphatic rings. The fraction of sp³-hybridized carbons (Fsp3) is 0.286. The Morgan fingerprint density at radius 3 is 2.55 bits per heavy atom. The second-order valence-corrected chi connectivity index (χ2v) is 7.76. The van der Waals surface area contributed by atoms with Crippen molar-refractivity contribution in [3.05, 3.63) is 63.6 Å². The lowest BCUT2D eigenvalue weighted by molar-refractivity contribution is -0.151. The van der Waals surface area contributed by atoms with E-state index in [1.54, 1.807) is 17.0 Å². The molecule has 1 saturated heterocycles.